The summed E-state index contributed by atoms with van der Waals surface area (Å²) in [6.45, 7) is 0. The van der Waals surface area contributed by atoms with Crippen molar-refractivity contribution in [3.05, 3.63) is 69.1 Å². The van der Waals surface area contributed by atoms with E-state index in [2.05, 4.69) is 0 Å². The molecule has 4 aromatic heterocycles. The standard InChI is InChI=1S/C22H8F4O2P2S4/c23-13-15(25)18(30(28)11-3-7-33-21(11)22-12(30)4-8-34-22)16(26)14(24)17(13)29(27)9-1-5-31-19(9)20-10(29)2-6-32-20/h1-8H. The van der Waals surface area contributed by atoms with Crippen LogP contribution in [0.2, 0.25) is 0 Å². The smallest absolute Gasteiger partial charge is 0.179 e. The number of halogens is 4. The highest BCUT2D eigenvalue weighted by Gasteiger charge is 2.51. The Morgan fingerprint density at radius 1 is 0.471 bits per heavy atom. The van der Waals surface area contributed by atoms with Crippen molar-refractivity contribution in [1.29, 1.82) is 0 Å². The van der Waals surface area contributed by atoms with E-state index >= 15 is 17.6 Å². The zero-order valence-corrected chi connectivity index (χ0v) is 21.5. The molecule has 6 heterocycles. The van der Waals surface area contributed by atoms with Crippen LogP contribution in [0.1, 0.15) is 0 Å². The first-order valence-electron chi connectivity index (χ1n) is 9.71. The van der Waals surface area contributed by atoms with E-state index in [1.807, 2.05) is 0 Å². The van der Waals surface area contributed by atoms with Crippen LogP contribution in [0.25, 0.3) is 19.5 Å². The monoisotopic (exact) mass is 570 g/mol. The molecule has 0 aliphatic carbocycles. The fourth-order valence-corrected chi connectivity index (χ4v) is 16.9. The molecular formula is C22H8F4O2P2S4. The Labute approximate surface area is 205 Å². The third-order valence-electron chi connectivity index (χ3n) is 6.19. The van der Waals surface area contributed by atoms with Crippen molar-refractivity contribution in [2.45, 2.75) is 0 Å². The molecule has 0 saturated carbocycles. The number of fused-ring (bicyclic) bond motifs is 6. The molecule has 0 saturated heterocycles. The van der Waals surface area contributed by atoms with Gasteiger partial charge in [-0.15, -0.1) is 45.3 Å². The molecule has 2 aliphatic heterocycles. The number of benzene rings is 1. The largest absolute Gasteiger partial charge is 0.308 e. The zero-order chi connectivity index (χ0) is 23.6. The van der Waals surface area contributed by atoms with E-state index < -0.39 is 48.2 Å². The van der Waals surface area contributed by atoms with E-state index in [0.717, 1.165) is 0 Å². The first-order valence-corrected chi connectivity index (χ1v) is 16.6. The fraction of sp³-hybridized carbons (Fsp3) is 0. The van der Waals surface area contributed by atoms with Crippen molar-refractivity contribution in [1.82, 2.24) is 0 Å². The predicted octanol–water partition coefficient (Wildman–Crippen LogP) is 5.73. The van der Waals surface area contributed by atoms with Gasteiger partial charge < -0.3 is 9.13 Å². The molecule has 0 atom stereocenters. The minimum absolute atomic E-state index is 0.163. The molecule has 34 heavy (non-hydrogen) atoms. The highest BCUT2D eigenvalue weighted by atomic mass is 32.1. The summed E-state index contributed by atoms with van der Waals surface area (Å²) in [5.74, 6) is -7.04. The topological polar surface area (TPSA) is 34.1 Å². The van der Waals surface area contributed by atoms with E-state index in [1.165, 1.54) is 69.6 Å². The van der Waals surface area contributed by atoms with Gasteiger partial charge in [0.25, 0.3) is 0 Å². The number of thiophene rings is 4. The van der Waals surface area contributed by atoms with Gasteiger partial charge in [0.15, 0.2) is 37.6 Å². The maximum atomic E-state index is 15.8. The third kappa shape index (κ3) is 2.28. The lowest BCUT2D eigenvalue weighted by Gasteiger charge is -2.21. The number of rotatable bonds is 2. The maximum absolute atomic E-state index is 15.8. The van der Waals surface area contributed by atoms with Gasteiger partial charge in [0.1, 0.15) is 0 Å². The first-order chi connectivity index (χ1) is 16.3. The Balaban J connectivity index is 1.56. The lowest BCUT2D eigenvalue weighted by atomic mass is 10.3. The molecule has 0 amide bonds. The summed E-state index contributed by atoms with van der Waals surface area (Å²) in [6, 6.07) is 5.91. The lowest BCUT2D eigenvalue weighted by Crippen LogP contribution is -2.35. The molecule has 0 bridgehead atoms. The summed E-state index contributed by atoms with van der Waals surface area (Å²) in [4.78, 5) is 2.30. The SMILES string of the molecule is O=P1(c2c(F)c(F)c(P3(=O)c4ccsc4-c4sccc43)c(F)c2F)c2ccsc2-c2sccc21. The maximum Gasteiger partial charge on any atom is 0.179 e. The van der Waals surface area contributed by atoms with Crippen molar-refractivity contribution in [2.75, 3.05) is 0 Å². The van der Waals surface area contributed by atoms with Gasteiger partial charge in [-0.05, 0) is 45.8 Å². The molecule has 12 heteroatoms. The predicted molar refractivity (Wildman–Crippen MR) is 135 cm³/mol. The van der Waals surface area contributed by atoms with E-state index in [9.17, 15) is 9.13 Å². The van der Waals surface area contributed by atoms with Gasteiger partial charge in [0, 0.05) is 21.2 Å². The molecular weight excluding hydrogens is 562 g/mol. The summed E-state index contributed by atoms with van der Waals surface area (Å²) in [5, 5.41) is 4.90. The van der Waals surface area contributed by atoms with Gasteiger partial charge in [-0.3, -0.25) is 0 Å². The van der Waals surface area contributed by atoms with Crippen LogP contribution >= 0.6 is 59.6 Å². The van der Waals surface area contributed by atoms with Crippen LogP contribution in [0.4, 0.5) is 17.6 Å². The second-order valence-electron chi connectivity index (χ2n) is 7.71. The fourth-order valence-electron chi connectivity index (χ4n) is 4.78. The van der Waals surface area contributed by atoms with Gasteiger partial charge in [-0.2, -0.15) is 0 Å². The minimum atomic E-state index is -4.21. The highest BCUT2D eigenvalue weighted by Crippen LogP contribution is 2.59. The normalized spacial score (nSPS) is 16.4. The van der Waals surface area contributed by atoms with Crippen LogP contribution in [-0.4, -0.2) is 0 Å². The second-order valence-corrected chi connectivity index (χ2v) is 16.6. The molecule has 170 valence electrons. The quantitative estimate of drug-likeness (QED) is 0.151. The molecule has 7 rings (SSSR count). The Bertz CT molecular complexity index is 1550. The van der Waals surface area contributed by atoms with E-state index in [1.54, 1.807) is 21.5 Å². The van der Waals surface area contributed by atoms with Crippen LogP contribution in [0.3, 0.4) is 0 Å². The number of hydrogen-bond acceptors (Lipinski definition) is 6. The van der Waals surface area contributed by atoms with Crippen molar-refractivity contribution in [2.24, 2.45) is 0 Å². The Hall–Kier alpha value is -1.80. The first kappa shape index (κ1) is 21.5. The van der Waals surface area contributed by atoms with Gasteiger partial charge in [0.2, 0.25) is 0 Å². The van der Waals surface area contributed by atoms with Gasteiger partial charge in [-0.1, -0.05) is 0 Å². The second kappa shape index (κ2) is 6.90. The molecule has 0 unspecified atom stereocenters. The van der Waals surface area contributed by atoms with Gasteiger partial charge in [0.05, 0.1) is 30.1 Å². The van der Waals surface area contributed by atoms with Crippen molar-refractivity contribution < 1.29 is 26.7 Å². The van der Waals surface area contributed by atoms with Crippen LogP contribution in [0, 0.1) is 23.3 Å². The molecule has 5 aromatic rings. The Morgan fingerprint density at radius 2 is 0.706 bits per heavy atom. The molecule has 0 radical (unpaired) electrons. The van der Waals surface area contributed by atoms with E-state index in [4.69, 9.17) is 0 Å². The lowest BCUT2D eigenvalue weighted by molar-refractivity contribution is 0.470. The van der Waals surface area contributed by atoms with Crippen molar-refractivity contribution >= 4 is 91.5 Å². The summed E-state index contributed by atoms with van der Waals surface area (Å²) in [5.41, 5.74) is 0. The van der Waals surface area contributed by atoms with Crippen LogP contribution in [0.15, 0.2) is 45.8 Å². The molecule has 0 fully saturated rings. The summed E-state index contributed by atoms with van der Waals surface area (Å²) in [7, 11) is -8.42. The molecule has 2 nitrogen and oxygen atoms in total. The molecule has 0 spiro atoms. The van der Waals surface area contributed by atoms with Crippen molar-refractivity contribution in [3.8, 4) is 19.5 Å². The molecule has 0 N–H and O–H groups in total. The zero-order valence-electron chi connectivity index (χ0n) is 16.5. The van der Waals surface area contributed by atoms with Crippen LogP contribution in [-0.2, 0) is 9.13 Å². The summed E-state index contributed by atoms with van der Waals surface area (Å²) < 4.78 is 91.6. The van der Waals surface area contributed by atoms with E-state index in [0.29, 0.717) is 19.5 Å². The minimum Gasteiger partial charge on any atom is -0.308 e. The summed E-state index contributed by atoms with van der Waals surface area (Å²) >= 11 is 5.00. The molecule has 1 aromatic carbocycles. The Kier molecular flexibility index (Phi) is 4.36. The van der Waals surface area contributed by atoms with Gasteiger partial charge >= 0.3 is 0 Å². The molecule has 2 aliphatic rings. The van der Waals surface area contributed by atoms with Gasteiger partial charge in [-0.25, -0.2) is 17.6 Å². The Morgan fingerprint density at radius 3 is 0.941 bits per heavy atom. The summed E-state index contributed by atoms with van der Waals surface area (Å²) in [6.07, 6.45) is 0. The average Bonchev–Trinajstić information content (AvgIpc) is 3.63. The van der Waals surface area contributed by atoms with Crippen LogP contribution in [0.5, 0.6) is 0 Å². The highest BCUT2D eigenvalue weighted by molar-refractivity contribution is 7.88. The van der Waals surface area contributed by atoms with Crippen molar-refractivity contribution in [3.63, 3.8) is 0 Å². The van der Waals surface area contributed by atoms with Crippen LogP contribution < -0.4 is 31.8 Å². The average molecular weight is 571 g/mol. The third-order valence-corrected chi connectivity index (χ3v) is 17.0. The van der Waals surface area contributed by atoms with E-state index in [-0.39, 0.29) is 21.2 Å². The number of hydrogen-bond donors (Lipinski definition) is 0.